The molecule has 0 heterocycles. The van der Waals surface area contributed by atoms with E-state index in [0.29, 0.717) is 28.0 Å². The average molecular weight is 353 g/mol. The van der Waals surface area contributed by atoms with E-state index < -0.39 is 6.03 Å². The summed E-state index contributed by atoms with van der Waals surface area (Å²) in [5.74, 6) is 0. The van der Waals surface area contributed by atoms with Crippen LogP contribution >= 0.6 is 23.2 Å². The number of carbonyl (C=O) groups is 1. The third kappa shape index (κ3) is 5.75. The molecule has 0 atom stereocenters. The Hall–Kier alpha value is -1.75. The molecule has 0 spiro atoms. The van der Waals surface area contributed by atoms with Gasteiger partial charge in [0.05, 0.1) is 23.4 Å². The monoisotopic (exact) mass is 352 g/mol. The molecule has 2 amide bonds. The lowest BCUT2D eigenvalue weighted by atomic mass is 10.2. The summed E-state index contributed by atoms with van der Waals surface area (Å²) in [4.78, 5) is 12.1. The first kappa shape index (κ1) is 17.6. The highest BCUT2D eigenvalue weighted by Gasteiger charge is 2.07. The second-order valence-electron chi connectivity index (χ2n) is 5.26. The summed E-state index contributed by atoms with van der Waals surface area (Å²) in [5, 5.41) is 6.35. The normalized spacial score (nSPS) is 10.7. The second-order valence-corrected chi connectivity index (χ2v) is 6.11. The molecule has 122 valence electrons. The van der Waals surface area contributed by atoms with Gasteiger partial charge in [-0.3, -0.25) is 0 Å². The van der Waals surface area contributed by atoms with Gasteiger partial charge in [-0.05, 0) is 49.7 Å². The molecule has 0 aliphatic heterocycles. The summed E-state index contributed by atoms with van der Waals surface area (Å²) >= 11 is 11.9. The summed E-state index contributed by atoms with van der Waals surface area (Å²) in [6.07, 6.45) is 0.153. The van der Waals surface area contributed by atoms with Gasteiger partial charge in [0.1, 0.15) is 0 Å². The highest BCUT2D eigenvalue weighted by atomic mass is 35.5. The number of rotatable bonds is 5. The SMILES string of the molecule is CC(C)OCc1cccc(NC(=O)Nc2cc(Cl)ccc2Cl)c1. The Morgan fingerprint density at radius 1 is 1.13 bits per heavy atom. The van der Waals surface area contributed by atoms with Crippen molar-refractivity contribution in [2.24, 2.45) is 0 Å². The third-order valence-corrected chi connectivity index (χ3v) is 3.51. The quantitative estimate of drug-likeness (QED) is 0.739. The van der Waals surface area contributed by atoms with E-state index in [1.807, 2.05) is 32.0 Å². The van der Waals surface area contributed by atoms with Crippen LogP contribution in [-0.2, 0) is 11.3 Å². The molecule has 0 radical (unpaired) electrons. The van der Waals surface area contributed by atoms with Gasteiger partial charge < -0.3 is 15.4 Å². The molecule has 0 fully saturated rings. The van der Waals surface area contributed by atoms with Crippen LogP contribution in [0.1, 0.15) is 19.4 Å². The first-order valence-electron chi connectivity index (χ1n) is 7.17. The van der Waals surface area contributed by atoms with E-state index >= 15 is 0 Å². The highest BCUT2D eigenvalue weighted by molar-refractivity contribution is 6.35. The fourth-order valence-corrected chi connectivity index (χ4v) is 2.22. The average Bonchev–Trinajstić information content (AvgIpc) is 2.49. The Balaban J connectivity index is 2.00. The molecule has 2 N–H and O–H groups in total. The fraction of sp³-hybridized carbons (Fsp3) is 0.235. The molecule has 0 unspecified atom stereocenters. The number of anilines is 2. The van der Waals surface area contributed by atoms with E-state index in [-0.39, 0.29) is 6.10 Å². The molecule has 0 saturated heterocycles. The van der Waals surface area contributed by atoms with Crippen LogP contribution in [0.5, 0.6) is 0 Å². The van der Waals surface area contributed by atoms with Crippen molar-refractivity contribution in [2.45, 2.75) is 26.6 Å². The van der Waals surface area contributed by atoms with E-state index in [0.717, 1.165) is 5.56 Å². The van der Waals surface area contributed by atoms with Crippen LogP contribution < -0.4 is 10.6 Å². The van der Waals surface area contributed by atoms with Crippen LogP contribution in [0.3, 0.4) is 0 Å². The van der Waals surface area contributed by atoms with E-state index in [4.69, 9.17) is 27.9 Å². The number of urea groups is 1. The molecule has 2 aromatic rings. The molecule has 6 heteroatoms. The number of carbonyl (C=O) groups excluding carboxylic acids is 1. The molecule has 0 aliphatic carbocycles. The van der Waals surface area contributed by atoms with E-state index in [2.05, 4.69) is 10.6 Å². The Bertz CT molecular complexity index is 690. The molecule has 2 aromatic carbocycles. The van der Waals surface area contributed by atoms with Gasteiger partial charge in [0.25, 0.3) is 0 Å². The Labute approximate surface area is 145 Å². The topological polar surface area (TPSA) is 50.4 Å². The Kier molecular flexibility index (Phi) is 6.28. The number of benzene rings is 2. The maximum atomic E-state index is 12.1. The third-order valence-electron chi connectivity index (χ3n) is 2.94. The minimum atomic E-state index is -0.393. The molecule has 2 rings (SSSR count). The van der Waals surface area contributed by atoms with Crippen molar-refractivity contribution in [2.75, 3.05) is 10.6 Å². The van der Waals surface area contributed by atoms with Crippen LogP contribution in [-0.4, -0.2) is 12.1 Å². The van der Waals surface area contributed by atoms with Crippen LogP contribution in [0.25, 0.3) is 0 Å². The van der Waals surface area contributed by atoms with E-state index in [1.165, 1.54) is 0 Å². The molecule has 4 nitrogen and oxygen atoms in total. The summed E-state index contributed by atoms with van der Waals surface area (Å²) in [6.45, 7) is 4.45. The first-order valence-corrected chi connectivity index (χ1v) is 7.93. The van der Waals surface area contributed by atoms with Gasteiger partial charge in [-0.1, -0.05) is 35.3 Å². The predicted molar refractivity (Wildman–Crippen MR) is 95.5 cm³/mol. The van der Waals surface area contributed by atoms with Crippen molar-refractivity contribution < 1.29 is 9.53 Å². The highest BCUT2D eigenvalue weighted by Crippen LogP contribution is 2.25. The molecule has 0 aliphatic rings. The van der Waals surface area contributed by atoms with Crippen molar-refractivity contribution in [3.05, 3.63) is 58.1 Å². The van der Waals surface area contributed by atoms with Crippen molar-refractivity contribution in [3.63, 3.8) is 0 Å². The maximum absolute atomic E-state index is 12.1. The van der Waals surface area contributed by atoms with Gasteiger partial charge in [-0.25, -0.2) is 4.79 Å². The van der Waals surface area contributed by atoms with Gasteiger partial charge in [0.15, 0.2) is 0 Å². The smallest absolute Gasteiger partial charge is 0.323 e. The zero-order chi connectivity index (χ0) is 16.8. The lowest BCUT2D eigenvalue weighted by Gasteiger charge is -2.11. The summed E-state index contributed by atoms with van der Waals surface area (Å²) in [6, 6.07) is 12.0. The van der Waals surface area contributed by atoms with Gasteiger partial charge in [-0.2, -0.15) is 0 Å². The fourth-order valence-electron chi connectivity index (χ4n) is 1.88. The van der Waals surface area contributed by atoms with Gasteiger partial charge >= 0.3 is 6.03 Å². The largest absolute Gasteiger partial charge is 0.374 e. The van der Waals surface area contributed by atoms with Crippen molar-refractivity contribution in [1.29, 1.82) is 0 Å². The number of hydrogen-bond acceptors (Lipinski definition) is 2. The zero-order valence-electron chi connectivity index (χ0n) is 12.9. The molecule has 0 saturated carbocycles. The van der Waals surface area contributed by atoms with Crippen LogP contribution in [0, 0.1) is 0 Å². The predicted octanol–water partition coefficient (Wildman–Crippen LogP) is 5.56. The summed E-state index contributed by atoms with van der Waals surface area (Å²) < 4.78 is 5.55. The molecule has 0 aromatic heterocycles. The van der Waals surface area contributed by atoms with Gasteiger partial charge in [0.2, 0.25) is 0 Å². The van der Waals surface area contributed by atoms with Crippen molar-refractivity contribution in [3.8, 4) is 0 Å². The maximum Gasteiger partial charge on any atom is 0.323 e. The van der Waals surface area contributed by atoms with Crippen molar-refractivity contribution in [1.82, 2.24) is 0 Å². The van der Waals surface area contributed by atoms with E-state index in [1.54, 1.807) is 24.3 Å². The second kappa shape index (κ2) is 8.20. The molecular formula is C17H18Cl2N2O2. The minimum Gasteiger partial charge on any atom is -0.374 e. The number of hydrogen-bond donors (Lipinski definition) is 2. The minimum absolute atomic E-state index is 0.153. The number of amides is 2. The lowest BCUT2D eigenvalue weighted by Crippen LogP contribution is -2.19. The molecule has 23 heavy (non-hydrogen) atoms. The van der Waals surface area contributed by atoms with E-state index in [9.17, 15) is 4.79 Å². The van der Waals surface area contributed by atoms with Gasteiger partial charge in [0, 0.05) is 10.7 Å². The summed E-state index contributed by atoms with van der Waals surface area (Å²) in [5.41, 5.74) is 2.11. The number of halogens is 2. The standard InChI is InChI=1S/C17H18Cl2N2O2/c1-11(2)23-10-12-4-3-5-14(8-12)20-17(22)21-16-9-13(18)6-7-15(16)19/h3-9,11H,10H2,1-2H3,(H2,20,21,22). The molecular weight excluding hydrogens is 335 g/mol. The van der Waals surface area contributed by atoms with Crippen LogP contribution in [0.4, 0.5) is 16.2 Å². The Morgan fingerprint density at radius 3 is 2.65 bits per heavy atom. The zero-order valence-corrected chi connectivity index (χ0v) is 14.4. The lowest BCUT2D eigenvalue weighted by molar-refractivity contribution is 0.0657. The molecule has 0 bridgehead atoms. The van der Waals surface area contributed by atoms with Gasteiger partial charge in [-0.15, -0.1) is 0 Å². The summed E-state index contributed by atoms with van der Waals surface area (Å²) in [7, 11) is 0. The number of nitrogens with one attached hydrogen (secondary N) is 2. The van der Waals surface area contributed by atoms with Crippen LogP contribution in [0.15, 0.2) is 42.5 Å². The van der Waals surface area contributed by atoms with Crippen LogP contribution in [0.2, 0.25) is 10.0 Å². The number of ether oxygens (including phenoxy) is 1. The first-order chi connectivity index (χ1) is 10.9. The Morgan fingerprint density at radius 2 is 1.91 bits per heavy atom. The van der Waals surface area contributed by atoms with Crippen molar-refractivity contribution >= 4 is 40.6 Å².